The Hall–Kier alpha value is -4.31. The topological polar surface area (TPSA) is 89.6 Å². The van der Waals surface area contributed by atoms with E-state index in [0.717, 1.165) is 49.0 Å². The Morgan fingerprint density at radius 3 is 2.56 bits per heavy atom. The predicted molar refractivity (Wildman–Crippen MR) is 166 cm³/mol. The molecule has 1 saturated heterocycles. The number of nitrogens with one attached hydrogen (secondary N) is 1. The van der Waals surface area contributed by atoms with Crippen LogP contribution in [0.15, 0.2) is 61.1 Å². The molecule has 1 N–H and O–H groups in total. The number of benzene rings is 1. The van der Waals surface area contributed by atoms with E-state index in [1.807, 2.05) is 51.4 Å². The SMILES string of the molecule is CC.CN(Cc1ccccc1)c1cc(-c2cn(C3CCOCC3)c3ncc(F)cc23)nc2c(C(=O)NC3CCC3)cnn12. The maximum Gasteiger partial charge on any atom is 0.256 e. The number of carbonyl (C=O) groups is 1. The van der Waals surface area contributed by atoms with E-state index in [9.17, 15) is 9.18 Å². The van der Waals surface area contributed by atoms with Crippen molar-refractivity contribution < 1.29 is 13.9 Å². The third-order valence-electron chi connectivity index (χ3n) is 8.29. The quantitative estimate of drug-likeness (QED) is 0.246. The summed E-state index contributed by atoms with van der Waals surface area (Å²) >= 11 is 0. The zero-order chi connectivity index (χ0) is 29.9. The fourth-order valence-corrected chi connectivity index (χ4v) is 5.82. The van der Waals surface area contributed by atoms with Gasteiger partial charge in [0.2, 0.25) is 0 Å². The maximum atomic E-state index is 14.6. The van der Waals surface area contributed by atoms with E-state index in [2.05, 4.69) is 37.0 Å². The van der Waals surface area contributed by atoms with Crippen LogP contribution < -0.4 is 10.2 Å². The van der Waals surface area contributed by atoms with Gasteiger partial charge in [-0.1, -0.05) is 44.2 Å². The lowest BCUT2D eigenvalue weighted by Gasteiger charge is -2.26. The van der Waals surface area contributed by atoms with Gasteiger partial charge in [0.15, 0.2) is 5.65 Å². The molecule has 1 saturated carbocycles. The second kappa shape index (κ2) is 12.5. The van der Waals surface area contributed by atoms with Crippen molar-refractivity contribution in [3.63, 3.8) is 0 Å². The van der Waals surface area contributed by atoms with Gasteiger partial charge in [0, 0.05) is 62.1 Å². The third-order valence-corrected chi connectivity index (χ3v) is 8.29. The first-order valence-corrected chi connectivity index (χ1v) is 15.2. The first-order valence-electron chi connectivity index (χ1n) is 15.2. The minimum atomic E-state index is -0.407. The Morgan fingerprint density at radius 2 is 1.84 bits per heavy atom. The lowest BCUT2D eigenvalue weighted by Crippen LogP contribution is -2.39. The van der Waals surface area contributed by atoms with Crippen LogP contribution in [0, 0.1) is 5.82 Å². The van der Waals surface area contributed by atoms with E-state index in [0.29, 0.717) is 47.7 Å². The van der Waals surface area contributed by atoms with E-state index in [-0.39, 0.29) is 18.0 Å². The Kier molecular flexibility index (Phi) is 8.38. The van der Waals surface area contributed by atoms with Crippen LogP contribution in [0.4, 0.5) is 10.2 Å². The highest BCUT2D eigenvalue weighted by Gasteiger charge is 2.26. The van der Waals surface area contributed by atoms with E-state index < -0.39 is 5.82 Å². The first kappa shape index (κ1) is 28.8. The second-order valence-electron chi connectivity index (χ2n) is 11.1. The van der Waals surface area contributed by atoms with Crippen molar-refractivity contribution in [2.24, 2.45) is 0 Å². The molecule has 2 fully saturated rings. The molecule has 4 aromatic heterocycles. The van der Waals surface area contributed by atoms with E-state index in [4.69, 9.17) is 9.72 Å². The lowest BCUT2D eigenvalue weighted by molar-refractivity contribution is 0.0706. The predicted octanol–water partition coefficient (Wildman–Crippen LogP) is 6.18. The number of rotatable bonds is 7. The van der Waals surface area contributed by atoms with Crippen LogP contribution in [0.2, 0.25) is 0 Å². The Balaban J connectivity index is 0.00000161. The number of aromatic nitrogens is 5. The van der Waals surface area contributed by atoms with Crippen molar-refractivity contribution in [1.29, 1.82) is 0 Å². The third kappa shape index (κ3) is 5.71. The minimum absolute atomic E-state index is 0.177. The summed E-state index contributed by atoms with van der Waals surface area (Å²) in [6, 6.07) is 14.0. The maximum absolute atomic E-state index is 14.6. The number of ether oxygens (including phenoxy) is 1. The average molecular weight is 584 g/mol. The van der Waals surface area contributed by atoms with Gasteiger partial charge in [0.05, 0.1) is 18.1 Å². The zero-order valence-electron chi connectivity index (χ0n) is 25.0. The fourth-order valence-electron chi connectivity index (χ4n) is 5.82. The molecule has 0 bridgehead atoms. The van der Waals surface area contributed by atoms with Crippen molar-refractivity contribution in [3.05, 3.63) is 78.0 Å². The number of amides is 1. The molecule has 1 aliphatic carbocycles. The summed E-state index contributed by atoms with van der Waals surface area (Å²) in [5.41, 5.74) is 4.14. The van der Waals surface area contributed by atoms with Crippen molar-refractivity contribution in [3.8, 4) is 11.3 Å². The highest BCUT2D eigenvalue weighted by atomic mass is 19.1. The fraction of sp³-hybridized carbons (Fsp3) is 0.394. The van der Waals surface area contributed by atoms with E-state index >= 15 is 0 Å². The monoisotopic (exact) mass is 583 g/mol. The number of fused-ring (bicyclic) bond motifs is 2. The summed E-state index contributed by atoms with van der Waals surface area (Å²) in [6.07, 6.45) is 9.68. The van der Waals surface area contributed by atoms with Gasteiger partial charge >= 0.3 is 0 Å². The molecule has 43 heavy (non-hydrogen) atoms. The van der Waals surface area contributed by atoms with E-state index in [1.165, 1.54) is 12.3 Å². The molecular weight excluding hydrogens is 545 g/mol. The van der Waals surface area contributed by atoms with Crippen molar-refractivity contribution in [2.45, 2.75) is 64.6 Å². The van der Waals surface area contributed by atoms with E-state index in [1.54, 1.807) is 10.7 Å². The molecule has 224 valence electrons. The van der Waals surface area contributed by atoms with Gasteiger partial charge in [-0.15, -0.1) is 0 Å². The molecule has 5 heterocycles. The second-order valence-corrected chi connectivity index (χ2v) is 11.1. The molecule has 0 atom stereocenters. The highest BCUT2D eigenvalue weighted by molar-refractivity contribution is 6.01. The molecular formula is C33H38FN7O2. The molecule has 0 radical (unpaired) electrons. The number of anilines is 1. The van der Waals surface area contributed by atoms with Crippen molar-refractivity contribution in [1.82, 2.24) is 29.5 Å². The Bertz CT molecular complexity index is 1720. The van der Waals surface area contributed by atoms with Crippen molar-refractivity contribution >= 4 is 28.4 Å². The van der Waals surface area contributed by atoms with Gasteiger partial charge < -0.3 is 19.5 Å². The molecule has 1 aliphatic heterocycles. The van der Waals surface area contributed by atoms with Gasteiger partial charge in [0.25, 0.3) is 5.91 Å². The van der Waals surface area contributed by atoms with Gasteiger partial charge in [0.1, 0.15) is 22.8 Å². The number of carbonyl (C=O) groups excluding carboxylic acids is 1. The van der Waals surface area contributed by atoms with Gasteiger partial charge in [-0.05, 0) is 43.7 Å². The molecule has 1 aromatic carbocycles. The van der Waals surface area contributed by atoms with Crippen LogP contribution in [0.5, 0.6) is 0 Å². The summed E-state index contributed by atoms with van der Waals surface area (Å²) in [4.78, 5) is 24.9. The zero-order valence-corrected chi connectivity index (χ0v) is 25.0. The Labute approximate surface area is 250 Å². The summed E-state index contributed by atoms with van der Waals surface area (Å²) in [5, 5.41) is 8.41. The highest BCUT2D eigenvalue weighted by Crippen LogP contribution is 2.36. The van der Waals surface area contributed by atoms with Crippen LogP contribution >= 0.6 is 0 Å². The van der Waals surface area contributed by atoms with Crippen LogP contribution in [0.3, 0.4) is 0 Å². The number of nitrogens with zero attached hydrogens (tertiary/aromatic N) is 6. The summed E-state index contributed by atoms with van der Waals surface area (Å²) < 4.78 is 24.0. The molecule has 10 heteroatoms. The normalized spacial score (nSPS) is 15.6. The summed E-state index contributed by atoms with van der Waals surface area (Å²) in [6.45, 7) is 5.98. The van der Waals surface area contributed by atoms with Gasteiger partial charge in [-0.2, -0.15) is 9.61 Å². The van der Waals surface area contributed by atoms with Crippen LogP contribution in [-0.4, -0.2) is 56.4 Å². The molecule has 7 rings (SSSR count). The number of hydrogen-bond acceptors (Lipinski definition) is 6. The van der Waals surface area contributed by atoms with Crippen LogP contribution in [0.1, 0.15) is 67.9 Å². The summed E-state index contributed by atoms with van der Waals surface area (Å²) in [5.74, 6) is 0.187. The van der Waals surface area contributed by atoms with Crippen LogP contribution in [-0.2, 0) is 11.3 Å². The Morgan fingerprint density at radius 1 is 1.07 bits per heavy atom. The minimum Gasteiger partial charge on any atom is -0.381 e. The summed E-state index contributed by atoms with van der Waals surface area (Å²) in [7, 11) is 1.99. The lowest BCUT2D eigenvalue weighted by atomic mass is 9.93. The number of hydrogen-bond donors (Lipinski definition) is 1. The standard InChI is InChI=1S/C31H32FN7O2.C2H6/c1-37(18-20-6-3-2-4-7-20)28-15-27(36-30-25(17-34-39(28)30)31(40)35-22-8-5-9-22)26-19-38(23-10-12-41-13-11-23)29-24(26)14-21(32)16-33-29;1-2/h2-4,6-7,14-17,19,22-23H,5,8-13,18H2,1H3,(H,35,40);1-2H3. The van der Waals surface area contributed by atoms with Crippen molar-refractivity contribution in [2.75, 3.05) is 25.2 Å². The molecule has 1 amide bonds. The molecule has 0 unspecified atom stereocenters. The molecule has 2 aliphatic rings. The smallest absolute Gasteiger partial charge is 0.256 e. The number of pyridine rings is 1. The number of halogens is 1. The molecule has 5 aromatic rings. The van der Waals surface area contributed by atoms with Gasteiger partial charge in [-0.25, -0.2) is 14.4 Å². The molecule has 0 spiro atoms. The first-order chi connectivity index (χ1) is 21.0. The van der Waals surface area contributed by atoms with Gasteiger partial charge in [-0.3, -0.25) is 4.79 Å². The largest absolute Gasteiger partial charge is 0.381 e. The average Bonchev–Trinajstić information content (AvgIpc) is 3.62. The van der Waals surface area contributed by atoms with Crippen LogP contribution in [0.25, 0.3) is 27.9 Å². The molecule has 9 nitrogen and oxygen atoms in total.